The van der Waals surface area contributed by atoms with E-state index in [4.69, 9.17) is 4.74 Å². The number of aliphatic hydroxyl groups is 1. The van der Waals surface area contributed by atoms with Crippen molar-refractivity contribution in [1.29, 1.82) is 0 Å². The highest BCUT2D eigenvalue weighted by Crippen LogP contribution is 2.08. The Kier molecular flexibility index (Phi) is 7.22. The van der Waals surface area contributed by atoms with Crippen molar-refractivity contribution in [3.05, 3.63) is 35.9 Å². The first-order chi connectivity index (χ1) is 11.1. The Hall–Kier alpha value is -2.08. The summed E-state index contributed by atoms with van der Waals surface area (Å²) >= 11 is 0. The fourth-order valence-electron chi connectivity index (χ4n) is 2.19. The van der Waals surface area contributed by atoms with Crippen LogP contribution in [0.15, 0.2) is 30.3 Å². The second kappa shape index (κ2) is 8.68. The molecule has 1 aromatic carbocycles. The van der Waals surface area contributed by atoms with Crippen molar-refractivity contribution in [3.8, 4) is 0 Å². The SMILES string of the molecule is CC(O)[C@H](NC(=O)OC(C)(C)C)C(=O)N[C@@H](C)Cc1ccccc1. The van der Waals surface area contributed by atoms with Crippen LogP contribution in [0.25, 0.3) is 0 Å². The molecule has 0 aromatic heterocycles. The number of carbonyl (C=O) groups is 2. The van der Waals surface area contributed by atoms with Gasteiger partial charge in [0.05, 0.1) is 6.10 Å². The summed E-state index contributed by atoms with van der Waals surface area (Å²) in [6, 6.07) is 8.56. The van der Waals surface area contributed by atoms with Crippen molar-refractivity contribution in [1.82, 2.24) is 10.6 Å². The lowest BCUT2D eigenvalue weighted by atomic mass is 10.1. The molecule has 1 aromatic rings. The Morgan fingerprint density at radius 1 is 1.12 bits per heavy atom. The zero-order chi connectivity index (χ0) is 18.3. The fourth-order valence-corrected chi connectivity index (χ4v) is 2.19. The van der Waals surface area contributed by atoms with E-state index in [-0.39, 0.29) is 6.04 Å². The van der Waals surface area contributed by atoms with Crippen LogP contribution in [0, 0.1) is 0 Å². The van der Waals surface area contributed by atoms with Crippen molar-refractivity contribution < 1.29 is 19.4 Å². The molecule has 6 heteroatoms. The summed E-state index contributed by atoms with van der Waals surface area (Å²) in [4.78, 5) is 24.2. The van der Waals surface area contributed by atoms with E-state index in [2.05, 4.69) is 10.6 Å². The van der Waals surface area contributed by atoms with Gasteiger partial charge in [-0.05, 0) is 46.6 Å². The highest BCUT2D eigenvalue weighted by molar-refractivity contribution is 5.86. The largest absolute Gasteiger partial charge is 0.444 e. The van der Waals surface area contributed by atoms with Crippen LogP contribution in [-0.2, 0) is 16.0 Å². The molecular formula is C18H28N2O4. The molecule has 24 heavy (non-hydrogen) atoms. The van der Waals surface area contributed by atoms with Gasteiger partial charge in [-0.1, -0.05) is 30.3 Å². The van der Waals surface area contributed by atoms with Crippen LogP contribution in [-0.4, -0.2) is 40.9 Å². The maximum absolute atomic E-state index is 12.3. The maximum Gasteiger partial charge on any atom is 0.408 e. The Labute approximate surface area is 143 Å². The van der Waals surface area contributed by atoms with Gasteiger partial charge in [-0.3, -0.25) is 4.79 Å². The third-order valence-corrected chi connectivity index (χ3v) is 3.21. The highest BCUT2D eigenvalue weighted by Gasteiger charge is 2.28. The van der Waals surface area contributed by atoms with Crippen molar-refractivity contribution in [2.75, 3.05) is 0 Å². The van der Waals surface area contributed by atoms with E-state index in [1.807, 2.05) is 37.3 Å². The van der Waals surface area contributed by atoms with Crippen LogP contribution in [0.1, 0.15) is 40.2 Å². The average molecular weight is 336 g/mol. The van der Waals surface area contributed by atoms with Crippen molar-refractivity contribution in [2.45, 2.75) is 64.8 Å². The number of aliphatic hydroxyl groups excluding tert-OH is 1. The van der Waals surface area contributed by atoms with Gasteiger partial charge < -0.3 is 20.5 Å². The molecule has 0 heterocycles. The Bertz CT molecular complexity index is 538. The molecule has 3 N–H and O–H groups in total. The predicted molar refractivity (Wildman–Crippen MR) is 92.6 cm³/mol. The number of hydrogen-bond donors (Lipinski definition) is 3. The van der Waals surface area contributed by atoms with E-state index in [1.54, 1.807) is 20.8 Å². The van der Waals surface area contributed by atoms with Gasteiger partial charge in [0, 0.05) is 6.04 Å². The van der Waals surface area contributed by atoms with E-state index < -0.39 is 29.7 Å². The van der Waals surface area contributed by atoms with E-state index in [0.717, 1.165) is 5.56 Å². The minimum Gasteiger partial charge on any atom is -0.444 e. The lowest BCUT2D eigenvalue weighted by Gasteiger charge is -2.25. The van der Waals surface area contributed by atoms with Crippen molar-refractivity contribution >= 4 is 12.0 Å². The van der Waals surface area contributed by atoms with Gasteiger partial charge in [0.2, 0.25) is 5.91 Å². The first-order valence-corrected chi connectivity index (χ1v) is 8.10. The van der Waals surface area contributed by atoms with Crippen LogP contribution >= 0.6 is 0 Å². The summed E-state index contributed by atoms with van der Waals surface area (Å²) in [5.41, 5.74) is 0.420. The molecule has 0 spiro atoms. The molecule has 6 nitrogen and oxygen atoms in total. The van der Waals surface area contributed by atoms with Crippen LogP contribution in [0.2, 0.25) is 0 Å². The van der Waals surface area contributed by atoms with E-state index in [0.29, 0.717) is 6.42 Å². The van der Waals surface area contributed by atoms with Gasteiger partial charge in [-0.2, -0.15) is 0 Å². The molecule has 134 valence electrons. The van der Waals surface area contributed by atoms with E-state index in [1.165, 1.54) is 6.92 Å². The smallest absolute Gasteiger partial charge is 0.408 e. The summed E-state index contributed by atoms with van der Waals surface area (Å²) in [5.74, 6) is -0.445. The first-order valence-electron chi connectivity index (χ1n) is 8.10. The zero-order valence-electron chi connectivity index (χ0n) is 15.0. The lowest BCUT2D eigenvalue weighted by Crippen LogP contribution is -2.55. The molecule has 3 atom stereocenters. The molecule has 2 amide bonds. The third kappa shape index (κ3) is 7.46. The van der Waals surface area contributed by atoms with Gasteiger partial charge in [0.25, 0.3) is 0 Å². The van der Waals surface area contributed by atoms with Crippen LogP contribution in [0.3, 0.4) is 0 Å². The topological polar surface area (TPSA) is 87.7 Å². The van der Waals surface area contributed by atoms with Crippen LogP contribution in [0.5, 0.6) is 0 Å². The standard InChI is InChI=1S/C18H28N2O4/c1-12(11-14-9-7-6-8-10-14)19-16(22)15(13(2)21)20-17(23)24-18(3,4)5/h6-10,12-13,15,21H,11H2,1-5H3,(H,19,22)(H,20,23)/t12-,13?,15-/m0/s1. The molecule has 0 aliphatic rings. The minimum absolute atomic E-state index is 0.137. The summed E-state index contributed by atoms with van der Waals surface area (Å²) < 4.78 is 5.13. The molecule has 0 aliphatic carbocycles. The highest BCUT2D eigenvalue weighted by atomic mass is 16.6. The molecule has 1 unspecified atom stereocenters. The van der Waals surface area contributed by atoms with Gasteiger partial charge >= 0.3 is 6.09 Å². The zero-order valence-corrected chi connectivity index (χ0v) is 15.0. The molecule has 0 radical (unpaired) electrons. The normalized spacial score (nSPS) is 15.1. The number of nitrogens with one attached hydrogen (secondary N) is 2. The quantitative estimate of drug-likeness (QED) is 0.741. The average Bonchev–Trinajstić information content (AvgIpc) is 2.43. The summed E-state index contributed by atoms with van der Waals surface area (Å²) in [5, 5.41) is 15.0. The molecule has 1 rings (SSSR count). The summed E-state index contributed by atoms with van der Waals surface area (Å²) in [7, 11) is 0. The first kappa shape index (κ1) is 20.0. The number of hydrogen-bond acceptors (Lipinski definition) is 4. The van der Waals surface area contributed by atoms with Crippen LogP contribution < -0.4 is 10.6 Å². The Balaban J connectivity index is 2.61. The second-order valence-electron chi connectivity index (χ2n) is 6.96. The minimum atomic E-state index is -1.07. The molecule has 0 aliphatic heterocycles. The second-order valence-corrected chi connectivity index (χ2v) is 6.96. The van der Waals surface area contributed by atoms with Gasteiger partial charge in [-0.25, -0.2) is 4.79 Å². The third-order valence-electron chi connectivity index (χ3n) is 3.21. The number of amides is 2. The number of carbonyl (C=O) groups excluding carboxylic acids is 2. The number of rotatable bonds is 6. The Morgan fingerprint density at radius 2 is 1.71 bits per heavy atom. The molecular weight excluding hydrogens is 308 g/mol. The number of benzene rings is 1. The number of alkyl carbamates (subject to hydrolysis) is 1. The van der Waals surface area contributed by atoms with Gasteiger partial charge in [0.15, 0.2) is 0 Å². The molecule has 0 saturated carbocycles. The predicted octanol–water partition coefficient (Wildman–Crippen LogP) is 2.01. The van der Waals surface area contributed by atoms with E-state index >= 15 is 0 Å². The molecule has 0 bridgehead atoms. The molecule has 0 fully saturated rings. The van der Waals surface area contributed by atoms with Crippen LogP contribution in [0.4, 0.5) is 4.79 Å². The Morgan fingerprint density at radius 3 is 2.21 bits per heavy atom. The lowest BCUT2D eigenvalue weighted by molar-refractivity contribution is -0.126. The summed E-state index contributed by atoms with van der Waals surface area (Å²) in [6.45, 7) is 8.50. The maximum atomic E-state index is 12.3. The van der Waals surface area contributed by atoms with Gasteiger partial charge in [0.1, 0.15) is 11.6 Å². The van der Waals surface area contributed by atoms with E-state index in [9.17, 15) is 14.7 Å². The summed E-state index contributed by atoms with van der Waals surface area (Å²) in [6.07, 6.45) is -1.12. The monoisotopic (exact) mass is 336 g/mol. The van der Waals surface area contributed by atoms with Crippen molar-refractivity contribution in [2.24, 2.45) is 0 Å². The van der Waals surface area contributed by atoms with Crippen molar-refractivity contribution in [3.63, 3.8) is 0 Å². The van der Waals surface area contributed by atoms with Gasteiger partial charge in [-0.15, -0.1) is 0 Å². The number of ether oxygens (including phenoxy) is 1. The fraction of sp³-hybridized carbons (Fsp3) is 0.556. The molecule has 0 saturated heterocycles.